The van der Waals surface area contributed by atoms with Crippen LogP contribution in [0.1, 0.15) is 21.5 Å². The zero-order chi connectivity index (χ0) is 17.8. The number of fused-ring (bicyclic) bond motifs is 1. The predicted molar refractivity (Wildman–Crippen MR) is 99.0 cm³/mol. The molecule has 4 heteroatoms. The second kappa shape index (κ2) is 7.31. The molecule has 4 rings (SSSR count). The molecule has 3 aromatic rings. The SMILES string of the molecule is O=C(c1ccc2c(c1)OCO2)N(Cc1ccccc1)Cc1ccccc1. The Balaban J connectivity index is 1.61. The minimum Gasteiger partial charge on any atom is -0.454 e. The fraction of sp³-hybridized carbons (Fsp3) is 0.136. The van der Waals surface area contributed by atoms with E-state index in [1.807, 2.05) is 65.6 Å². The molecule has 0 atom stereocenters. The molecule has 1 amide bonds. The van der Waals surface area contributed by atoms with Crippen molar-refractivity contribution >= 4 is 5.91 Å². The van der Waals surface area contributed by atoms with E-state index in [1.165, 1.54) is 0 Å². The first-order chi connectivity index (χ1) is 12.8. The van der Waals surface area contributed by atoms with Crippen LogP contribution in [0.5, 0.6) is 11.5 Å². The van der Waals surface area contributed by atoms with Crippen LogP contribution in [0.25, 0.3) is 0 Å². The highest BCUT2D eigenvalue weighted by atomic mass is 16.7. The van der Waals surface area contributed by atoms with Crippen molar-refractivity contribution in [2.75, 3.05) is 6.79 Å². The number of hydrogen-bond acceptors (Lipinski definition) is 3. The molecular formula is C22H19NO3. The van der Waals surface area contributed by atoms with Crippen LogP contribution >= 0.6 is 0 Å². The number of benzene rings is 3. The zero-order valence-corrected chi connectivity index (χ0v) is 14.3. The average Bonchev–Trinajstić information content (AvgIpc) is 3.16. The Morgan fingerprint density at radius 1 is 0.769 bits per heavy atom. The van der Waals surface area contributed by atoms with E-state index in [4.69, 9.17) is 9.47 Å². The highest BCUT2D eigenvalue weighted by molar-refractivity contribution is 5.95. The fourth-order valence-corrected chi connectivity index (χ4v) is 3.02. The number of rotatable bonds is 5. The van der Waals surface area contributed by atoms with Gasteiger partial charge in [-0.05, 0) is 29.3 Å². The minimum atomic E-state index is -0.0315. The van der Waals surface area contributed by atoms with Crippen molar-refractivity contribution in [3.05, 3.63) is 95.6 Å². The number of hydrogen-bond donors (Lipinski definition) is 0. The van der Waals surface area contributed by atoms with Gasteiger partial charge in [-0.15, -0.1) is 0 Å². The third-order valence-electron chi connectivity index (χ3n) is 4.34. The molecule has 0 radical (unpaired) electrons. The second-order valence-electron chi connectivity index (χ2n) is 6.20. The van der Waals surface area contributed by atoms with Crippen LogP contribution in [-0.2, 0) is 13.1 Å². The number of carbonyl (C=O) groups is 1. The van der Waals surface area contributed by atoms with Gasteiger partial charge in [0, 0.05) is 18.7 Å². The molecule has 1 heterocycles. The molecule has 0 saturated carbocycles. The van der Waals surface area contributed by atoms with Crippen molar-refractivity contribution in [2.24, 2.45) is 0 Å². The third kappa shape index (κ3) is 3.54. The van der Waals surface area contributed by atoms with E-state index >= 15 is 0 Å². The molecule has 130 valence electrons. The van der Waals surface area contributed by atoms with Crippen molar-refractivity contribution in [1.82, 2.24) is 4.90 Å². The molecule has 3 aromatic carbocycles. The van der Waals surface area contributed by atoms with Crippen LogP contribution in [0.15, 0.2) is 78.9 Å². The van der Waals surface area contributed by atoms with Gasteiger partial charge in [-0.3, -0.25) is 4.79 Å². The first-order valence-electron chi connectivity index (χ1n) is 8.56. The molecule has 0 aliphatic carbocycles. The van der Waals surface area contributed by atoms with Gasteiger partial charge < -0.3 is 14.4 Å². The Morgan fingerprint density at radius 3 is 1.96 bits per heavy atom. The summed E-state index contributed by atoms with van der Waals surface area (Å²) < 4.78 is 10.8. The van der Waals surface area contributed by atoms with E-state index in [0.29, 0.717) is 30.2 Å². The lowest BCUT2D eigenvalue weighted by Gasteiger charge is -2.23. The monoisotopic (exact) mass is 345 g/mol. The maximum Gasteiger partial charge on any atom is 0.254 e. The average molecular weight is 345 g/mol. The van der Waals surface area contributed by atoms with Gasteiger partial charge in [0.15, 0.2) is 11.5 Å². The van der Waals surface area contributed by atoms with Crippen LogP contribution < -0.4 is 9.47 Å². The largest absolute Gasteiger partial charge is 0.454 e. The van der Waals surface area contributed by atoms with Gasteiger partial charge in [-0.2, -0.15) is 0 Å². The summed E-state index contributed by atoms with van der Waals surface area (Å²) in [5, 5.41) is 0. The Morgan fingerprint density at radius 2 is 1.35 bits per heavy atom. The Bertz CT molecular complexity index is 852. The lowest BCUT2D eigenvalue weighted by Crippen LogP contribution is -2.30. The van der Waals surface area contributed by atoms with Gasteiger partial charge in [0.2, 0.25) is 6.79 Å². The zero-order valence-electron chi connectivity index (χ0n) is 14.3. The van der Waals surface area contributed by atoms with E-state index in [2.05, 4.69) is 0 Å². The van der Waals surface area contributed by atoms with Gasteiger partial charge in [-0.1, -0.05) is 60.7 Å². The summed E-state index contributed by atoms with van der Waals surface area (Å²) >= 11 is 0. The normalized spacial score (nSPS) is 12.0. The summed E-state index contributed by atoms with van der Waals surface area (Å²) in [6.45, 7) is 1.29. The molecule has 0 fully saturated rings. The predicted octanol–water partition coefficient (Wildman–Crippen LogP) is 4.26. The Labute approximate surface area is 152 Å². The summed E-state index contributed by atoms with van der Waals surface area (Å²) in [6.07, 6.45) is 0. The molecule has 0 unspecified atom stereocenters. The summed E-state index contributed by atoms with van der Waals surface area (Å²) in [4.78, 5) is 15.0. The van der Waals surface area contributed by atoms with Crippen molar-refractivity contribution in [3.8, 4) is 11.5 Å². The molecule has 1 aliphatic rings. The molecule has 1 aliphatic heterocycles. The molecule has 0 spiro atoms. The van der Waals surface area contributed by atoms with Crippen LogP contribution in [-0.4, -0.2) is 17.6 Å². The molecule has 0 saturated heterocycles. The second-order valence-corrected chi connectivity index (χ2v) is 6.20. The first-order valence-corrected chi connectivity index (χ1v) is 8.56. The minimum absolute atomic E-state index is 0.0315. The summed E-state index contributed by atoms with van der Waals surface area (Å²) in [5.41, 5.74) is 2.79. The van der Waals surface area contributed by atoms with Crippen LogP contribution in [0, 0.1) is 0 Å². The summed E-state index contributed by atoms with van der Waals surface area (Å²) in [7, 11) is 0. The van der Waals surface area contributed by atoms with Gasteiger partial charge >= 0.3 is 0 Å². The van der Waals surface area contributed by atoms with Crippen molar-refractivity contribution < 1.29 is 14.3 Å². The van der Waals surface area contributed by atoms with Gasteiger partial charge in [0.05, 0.1) is 0 Å². The van der Waals surface area contributed by atoms with Gasteiger partial charge in [0.25, 0.3) is 5.91 Å². The molecular weight excluding hydrogens is 326 g/mol. The Kier molecular flexibility index (Phi) is 4.56. The molecule has 0 bridgehead atoms. The highest BCUT2D eigenvalue weighted by Crippen LogP contribution is 2.33. The number of ether oxygens (including phenoxy) is 2. The van der Waals surface area contributed by atoms with Gasteiger partial charge in [-0.25, -0.2) is 0 Å². The maximum absolute atomic E-state index is 13.2. The lowest BCUT2D eigenvalue weighted by atomic mass is 10.1. The van der Waals surface area contributed by atoms with Crippen LogP contribution in [0.3, 0.4) is 0 Å². The van der Waals surface area contributed by atoms with E-state index in [9.17, 15) is 4.79 Å². The summed E-state index contributed by atoms with van der Waals surface area (Å²) in [5.74, 6) is 1.27. The molecule has 0 N–H and O–H groups in total. The van der Waals surface area contributed by atoms with Crippen molar-refractivity contribution in [1.29, 1.82) is 0 Å². The topological polar surface area (TPSA) is 38.8 Å². The smallest absolute Gasteiger partial charge is 0.254 e. The number of carbonyl (C=O) groups excluding carboxylic acids is 1. The van der Waals surface area contributed by atoms with Crippen LogP contribution in [0.4, 0.5) is 0 Å². The van der Waals surface area contributed by atoms with Crippen LogP contribution in [0.2, 0.25) is 0 Å². The van der Waals surface area contributed by atoms with Gasteiger partial charge in [0.1, 0.15) is 0 Å². The lowest BCUT2D eigenvalue weighted by molar-refractivity contribution is 0.0729. The number of nitrogens with zero attached hydrogens (tertiary/aromatic N) is 1. The van der Waals surface area contributed by atoms with E-state index in [1.54, 1.807) is 18.2 Å². The molecule has 0 aromatic heterocycles. The van der Waals surface area contributed by atoms with E-state index in [0.717, 1.165) is 11.1 Å². The number of amides is 1. The standard InChI is InChI=1S/C22H19NO3/c24-22(19-11-12-20-21(13-19)26-16-25-20)23(14-17-7-3-1-4-8-17)15-18-9-5-2-6-10-18/h1-13H,14-16H2. The quantitative estimate of drug-likeness (QED) is 0.694. The van der Waals surface area contributed by atoms with Crippen molar-refractivity contribution in [2.45, 2.75) is 13.1 Å². The molecule has 26 heavy (non-hydrogen) atoms. The first kappa shape index (κ1) is 16.2. The summed E-state index contributed by atoms with van der Waals surface area (Å²) in [6, 6.07) is 25.4. The molecule has 4 nitrogen and oxygen atoms in total. The maximum atomic E-state index is 13.2. The third-order valence-corrected chi connectivity index (χ3v) is 4.34. The van der Waals surface area contributed by atoms with E-state index < -0.39 is 0 Å². The fourth-order valence-electron chi connectivity index (χ4n) is 3.02. The Hall–Kier alpha value is -3.27. The van der Waals surface area contributed by atoms with Crippen molar-refractivity contribution in [3.63, 3.8) is 0 Å². The highest BCUT2D eigenvalue weighted by Gasteiger charge is 2.20. The van der Waals surface area contributed by atoms with E-state index in [-0.39, 0.29) is 12.7 Å².